The molecule has 1 aliphatic heterocycles. The number of hydrogen-bond donors (Lipinski definition) is 1. The van der Waals surface area contributed by atoms with Gasteiger partial charge in [-0.05, 0) is 52.4 Å². The molecule has 5 heteroatoms. The summed E-state index contributed by atoms with van der Waals surface area (Å²) in [6.07, 6.45) is 2.44. The number of likely N-dealkylation sites (tertiary alicyclic amines) is 1. The van der Waals surface area contributed by atoms with Gasteiger partial charge in [-0.25, -0.2) is 8.42 Å². The molecule has 1 aliphatic rings. The average Bonchev–Trinajstić information content (AvgIpc) is 2.28. The molecule has 0 amide bonds. The maximum Gasteiger partial charge on any atom is 0.151 e. The molecule has 1 atom stereocenters. The number of nitrogens with zero attached hydrogens (tertiary/aromatic N) is 1. The average molecular weight is 262 g/mol. The SMILES string of the molecule is CCS(=O)(=O)CC(C)NCC1CCN(C)CC1. The van der Waals surface area contributed by atoms with E-state index in [1.165, 1.54) is 12.8 Å². The van der Waals surface area contributed by atoms with Crippen molar-refractivity contribution in [1.82, 2.24) is 10.2 Å². The third kappa shape index (κ3) is 5.84. The Kier molecular flexibility index (Phi) is 5.89. The molecule has 0 aromatic heterocycles. The maximum absolute atomic E-state index is 11.5. The molecule has 0 radical (unpaired) electrons. The first-order valence-corrected chi connectivity index (χ1v) is 8.37. The largest absolute Gasteiger partial charge is 0.313 e. The van der Waals surface area contributed by atoms with Crippen LogP contribution >= 0.6 is 0 Å². The lowest BCUT2D eigenvalue weighted by molar-refractivity contribution is 0.214. The van der Waals surface area contributed by atoms with Gasteiger partial charge in [-0.1, -0.05) is 6.92 Å². The summed E-state index contributed by atoms with van der Waals surface area (Å²) in [6.45, 7) is 6.94. The van der Waals surface area contributed by atoms with E-state index in [1.807, 2.05) is 6.92 Å². The molecule has 1 N–H and O–H groups in total. The van der Waals surface area contributed by atoms with Gasteiger partial charge in [-0.15, -0.1) is 0 Å². The van der Waals surface area contributed by atoms with Gasteiger partial charge in [-0.2, -0.15) is 0 Å². The number of nitrogens with one attached hydrogen (secondary N) is 1. The van der Waals surface area contributed by atoms with Crippen molar-refractivity contribution in [3.05, 3.63) is 0 Å². The Morgan fingerprint density at radius 1 is 1.35 bits per heavy atom. The standard InChI is InChI=1S/C12H26N2O2S/c1-4-17(15,16)10-11(2)13-9-12-5-7-14(3)8-6-12/h11-13H,4-10H2,1-3H3. The van der Waals surface area contributed by atoms with Crippen LogP contribution in [0.4, 0.5) is 0 Å². The molecule has 0 saturated carbocycles. The van der Waals surface area contributed by atoms with Crippen molar-refractivity contribution in [1.29, 1.82) is 0 Å². The van der Waals surface area contributed by atoms with Gasteiger partial charge in [0, 0.05) is 11.8 Å². The van der Waals surface area contributed by atoms with Crippen LogP contribution < -0.4 is 5.32 Å². The number of rotatable bonds is 6. The van der Waals surface area contributed by atoms with Crippen molar-refractivity contribution in [2.24, 2.45) is 5.92 Å². The molecule has 17 heavy (non-hydrogen) atoms. The van der Waals surface area contributed by atoms with Gasteiger partial charge in [0.2, 0.25) is 0 Å². The first kappa shape index (κ1) is 14.9. The van der Waals surface area contributed by atoms with Crippen LogP contribution in [0.5, 0.6) is 0 Å². The normalized spacial score (nSPS) is 21.6. The first-order valence-electron chi connectivity index (χ1n) is 6.55. The molecule has 0 bridgehead atoms. The van der Waals surface area contributed by atoms with Gasteiger partial charge in [0.05, 0.1) is 5.75 Å². The molecule has 0 aromatic carbocycles. The van der Waals surface area contributed by atoms with Gasteiger partial charge in [0.15, 0.2) is 9.84 Å². The zero-order valence-electron chi connectivity index (χ0n) is 11.3. The number of piperidine rings is 1. The highest BCUT2D eigenvalue weighted by atomic mass is 32.2. The molecule has 1 fully saturated rings. The topological polar surface area (TPSA) is 49.4 Å². The summed E-state index contributed by atoms with van der Waals surface area (Å²) in [7, 11) is -0.698. The first-order chi connectivity index (χ1) is 7.93. The lowest BCUT2D eigenvalue weighted by atomic mass is 9.97. The summed E-state index contributed by atoms with van der Waals surface area (Å²) in [6, 6.07) is 0.0691. The predicted octanol–water partition coefficient (Wildman–Crippen LogP) is 0.741. The molecule has 4 nitrogen and oxygen atoms in total. The molecule has 0 spiro atoms. The van der Waals surface area contributed by atoms with Crippen LogP contribution in [0.1, 0.15) is 26.7 Å². The van der Waals surface area contributed by atoms with Gasteiger partial charge in [0.25, 0.3) is 0 Å². The van der Waals surface area contributed by atoms with Crippen LogP contribution in [0.25, 0.3) is 0 Å². The van der Waals surface area contributed by atoms with E-state index in [-0.39, 0.29) is 17.5 Å². The molecule has 102 valence electrons. The quantitative estimate of drug-likeness (QED) is 0.767. The lowest BCUT2D eigenvalue weighted by Crippen LogP contribution is -2.40. The minimum Gasteiger partial charge on any atom is -0.313 e. The van der Waals surface area contributed by atoms with Crippen LogP contribution in [0.15, 0.2) is 0 Å². The Hall–Kier alpha value is -0.130. The van der Waals surface area contributed by atoms with Crippen molar-refractivity contribution in [2.75, 3.05) is 38.2 Å². The molecule has 0 aliphatic carbocycles. The summed E-state index contributed by atoms with van der Waals surface area (Å²) in [4.78, 5) is 2.35. The van der Waals surface area contributed by atoms with Gasteiger partial charge >= 0.3 is 0 Å². The number of hydrogen-bond acceptors (Lipinski definition) is 4. The van der Waals surface area contributed by atoms with Crippen LogP contribution in [-0.2, 0) is 9.84 Å². The maximum atomic E-state index is 11.5. The van der Waals surface area contributed by atoms with Crippen molar-refractivity contribution in [2.45, 2.75) is 32.7 Å². The van der Waals surface area contributed by atoms with E-state index in [0.29, 0.717) is 5.92 Å². The van der Waals surface area contributed by atoms with Crippen molar-refractivity contribution in [3.8, 4) is 0 Å². The fraction of sp³-hybridized carbons (Fsp3) is 1.00. The Morgan fingerprint density at radius 2 is 1.94 bits per heavy atom. The molecule has 0 aromatic rings. The van der Waals surface area contributed by atoms with Gasteiger partial charge in [0.1, 0.15) is 0 Å². The minimum absolute atomic E-state index is 0.0691. The molecular weight excluding hydrogens is 236 g/mol. The third-order valence-corrected chi connectivity index (χ3v) is 5.42. The summed E-state index contributed by atoms with van der Waals surface area (Å²) in [5, 5.41) is 3.36. The van der Waals surface area contributed by atoms with E-state index < -0.39 is 9.84 Å². The van der Waals surface area contributed by atoms with Gasteiger partial charge < -0.3 is 10.2 Å². The second kappa shape index (κ2) is 6.71. The van der Waals surface area contributed by atoms with E-state index in [9.17, 15) is 8.42 Å². The summed E-state index contributed by atoms with van der Waals surface area (Å²) in [5.74, 6) is 1.21. The second-order valence-corrected chi connectivity index (χ2v) is 7.65. The zero-order chi connectivity index (χ0) is 12.9. The van der Waals surface area contributed by atoms with Crippen LogP contribution in [0.3, 0.4) is 0 Å². The van der Waals surface area contributed by atoms with Crippen molar-refractivity contribution < 1.29 is 8.42 Å². The Bertz CT molecular complexity index is 308. The molecule has 1 unspecified atom stereocenters. The van der Waals surface area contributed by atoms with Gasteiger partial charge in [-0.3, -0.25) is 0 Å². The van der Waals surface area contributed by atoms with Crippen molar-refractivity contribution in [3.63, 3.8) is 0 Å². The molecule has 1 heterocycles. The third-order valence-electron chi connectivity index (χ3n) is 3.54. The lowest BCUT2D eigenvalue weighted by Gasteiger charge is -2.29. The fourth-order valence-corrected chi connectivity index (χ4v) is 3.31. The van der Waals surface area contributed by atoms with E-state index in [4.69, 9.17) is 0 Å². The van der Waals surface area contributed by atoms with E-state index in [1.54, 1.807) is 6.92 Å². The highest BCUT2D eigenvalue weighted by Crippen LogP contribution is 2.14. The summed E-state index contributed by atoms with van der Waals surface area (Å²) in [5.41, 5.74) is 0. The smallest absolute Gasteiger partial charge is 0.151 e. The van der Waals surface area contributed by atoms with Crippen molar-refractivity contribution >= 4 is 9.84 Å². The molecular formula is C12H26N2O2S. The predicted molar refractivity (Wildman–Crippen MR) is 72.0 cm³/mol. The second-order valence-electron chi connectivity index (χ2n) is 5.25. The highest BCUT2D eigenvalue weighted by molar-refractivity contribution is 7.91. The Labute approximate surface area is 106 Å². The zero-order valence-corrected chi connectivity index (χ0v) is 12.1. The minimum atomic E-state index is -2.85. The number of sulfone groups is 1. The fourth-order valence-electron chi connectivity index (χ4n) is 2.19. The Balaban J connectivity index is 2.22. The van der Waals surface area contributed by atoms with E-state index in [0.717, 1.165) is 19.6 Å². The van der Waals surface area contributed by atoms with E-state index in [2.05, 4.69) is 17.3 Å². The van der Waals surface area contributed by atoms with Crippen LogP contribution in [0.2, 0.25) is 0 Å². The van der Waals surface area contributed by atoms with Crippen LogP contribution in [-0.4, -0.2) is 57.5 Å². The summed E-state index contributed by atoms with van der Waals surface area (Å²) < 4.78 is 22.9. The van der Waals surface area contributed by atoms with Crippen LogP contribution in [0, 0.1) is 5.92 Å². The monoisotopic (exact) mass is 262 g/mol. The highest BCUT2D eigenvalue weighted by Gasteiger charge is 2.18. The van der Waals surface area contributed by atoms with E-state index >= 15 is 0 Å². The summed E-state index contributed by atoms with van der Waals surface area (Å²) >= 11 is 0. The molecule has 1 saturated heterocycles. The molecule has 1 rings (SSSR count). The Morgan fingerprint density at radius 3 is 2.47 bits per heavy atom.